The fraction of sp³-hybridized carbons (Fsp3) is 0.846. The largest absolute Gasteiger partial charge is 0.373 e. The molecule has 1 unspecified atom stereocenters. The molecule has 0 aliphatic rings. The SMILES string of the molecule is CCCOCc1noc(C(CN)CC(C)(C)C)n1. The summed E-state index contributed by atoms with van der Waals surface area (Å²) in [5.74, 6) is 1.35. The first-order valence-corrected chi connectivity index (χ1v) is 6.56. The Morgan fingerprint density at radius 2 is 2.11 bits per heavy atom. The molecule has 0 spiro atoms. The maximum Gasteiger partial charge on any atom is 0.231 e. The van der Waals surface area contributed by atoms with Crippen molar-refractivity contribution in [1.29, 1.82) is 0 Å². The monoisotopic (exact) mass is 255 g/mol. The molecule has 0 radical (unpaired) electrons. The lowest BCUT2D eigenvalue weighted by atomic mass is 9.84. The van der Waals surface area contributed by atoms with Crippen molar-refractivity contribution >= 4 is 0 Å². The van der Waals surface area contributed by atoms with Gasteiger partial charge in [-0.15, -0.1) is 0 Å². The van der Waals surface area contributed by atoms with Crippen LogP contribution in [0.4, 0.5) is 0 Å². The fourth-order valence-corrected chi connectivity index (χ4v) is 1.81. The van der Waals surface area contributed by atoms with E-state index >= 15 is 0 Å². The van der Waals surface area contributed by atoms with Crippen LogP contribution < -0.4 is 5.73 Å². The highest BCUT2D eigenvalue weighted by atomic mass is 16.5. The first kappa shape index (κ1) is 15.1. The van der Waals surface area contributed by atoms with E-state index in [1.54, 1.807) is 0 Å². The number of hydrogen-bond donors (Lipinski definition) is 1. The molecule has 1 atom stereocenters. The first-order chi connectivity index (χ1) is 8.46. The summed E-state index contributed by atoms with van der Waals surface area (Å²) in [4.78, 5) is 4.35. The zero-order valence-electron chi connectivity index (χ0n) is 11.9. The van der Waals surface area contributed by atoms with Crippen LogP contribution in [0.2, 0.25) is 0 Å². The fourth-order valence-electron chi connectivity index (χ4n) is 1.81. The zero-order chi connectivity index (χ0) is 13.6. The van der Waals surface area contributed by atoms with Crippen LogP contribution in [0.15, 0.2) is 4.52 Å². The lowest BCUT2D eigenvalue weighted by Gasteiger charge is -2.22. The molecule has 0 bridgehead atoms. The van der Waals surface area contributed by atoms with Crippen LogP contribution in [-0.4, -0.2) is 23.3 Å². The Hall–Kier alpha value is -0.940. The minimum atomic E-state index is 0.123. The number of nitrogens with zero attached hydrogens (tertiary/aromatic N) is 2. The maximum atomic E-state index is 5.78. The molecule has 0 saturated carbocycles. The third-order valence-electron chi connectivity index (χ3n) is 2.56. The summed E-state index contributed by atoms with van der Waals surface area (Å²) in [6.45, 7) is 10.2. The summed E-state index contributed by atoms with van der Waals surface area (Å²) < 4.78 is 10.7. The van der Waals surface area contributed by atoms with Gasteiger partial charge in [-0.2, -0.15) is 4.98 Å². The van der Waals surface area contributed by atoms with Crippen LogP contribution in [0.3, 0.4) is 0 Å². The van der Waals surface area contributed by atoms with E-state index in [9.17, 15) is 0 Å². The molecule has 0 aliphatic carbocycles. The number of nitrogens with two attached hydrogens (primary N) is 1. The van der Waals surface area contributed by atoms with Gasteiger partial charge in [0, 0.05) is 13.2 Å². The Kier molecular flexibility index (Phi) is 5.75. The summed E-state index contributed by atoms with van der Waals surface area (Å²) in [6.07, 6.45) is 1.92. The van der Waals surface area contributed by atoms with E-state index in [2.05, 4.69) is 37.8 Å². The Bertz CT molecular complexity index is 344. The summed E-state index contributed by atoms with van der Waals surface area (Å²) in [7, 11) is 0. The van der Waals surface area contributed by atoms with E-state index in [0.717, 1.165) is 12.8 Å². The van der Waals surface area contributed by atoms with Gasteiger partial charge in [-0.1, -0.05) is 32.9 Å². The van der Waals surface area contributed by atoms with Crippen molar-refractivity contribution in [3.8, 4) is 0 Å². The van der Waals surface area contributed by atoms with Crippen molar-refractivity contribution in [3.63, 3.8) is 0 Å². The number of hydrogen-bond acceptors (Lipinski definition) is 5. The van der Waals surface area contributed by atoms with Gasteiger partial charge in [0.05, 0.1) is 5.92 Å². The van der Waals surface area contributed by atoms with Gasteiger partial charge in [-0.05, 0) is 18.3 Å². The van der Waals surface area contributed by atoms with E-state index in [-0.39, 0.29) is 11.3 Å². The quantitative estimate of drug-likeness (QED) is 0.758. The molecular formula is C13H25N3O2. The van der Waals surface area contributed by atoms with E-state index in [1.165, 1.54) is 0 Å². The molecule has 0 amide bonds. The predicted octanol–water partition coefficient (Wildman–Crippen LogP) is 2.47. The zero-order valence-corrected chi connectivity index (χ0v) is 11.9. The van der Waals surface area contributed by atoms with Crippen LogP contribution in [-0.2, 0) is 11.3 Å². The Balaban J connectivity index is 2.59. The van der Waals surface area contributed by atoms with Gasteiger partial charge in [0.15, 0.2) is 5.82 Å². The summed E-state index contributed by atoms with van der Waals surface area (Å²) in [6, 6.07) is 0. The van der Waals surface area contributed by atoms with Crippen LogP contribution >= 0.6 is 0 Å². The van der Waals surface area contributed by atoms with Crippen molar-refractivity contribution in [2.24, 2.45) is 11.1 Å². The maximum absolute atomic E-state index is 5.78. The second-order valence-corrected chi connectivity index (χ2v) is 5.80. The van der Waals surface area contributed by atoms with Gasteiger partial charge in [0.2, 0.25) is 5.89 Å². The molecule has 0 aromatic carbocycles. The molecule has 2 N–H and O–H groups in total. The predicted molar refractivity (Wildman–Crippen MR) is 70.1 cm³/mol. The van der Waals surface area contributed by atoms with Crippen molar-refractivity contribution in [2.45, 2.75) is 53.1 Å². The molecular weight excluding hydrogens is 230 g/mol. The van der Waals surface area contributed by atoms with Gasteiger partial charge in [0.25, 0.3) is 0 Å². The molecule has 5 nitrogen and oxygen atoms in total. The minimum Gasteiger partial charge on any atom is -0.373 e. The average molecular weight is 255 g/mol. The molecule has 1 aromatic rings. The number of rotatable bonds is 7. The molecule has 0 aliphatic heterocycles. The lowest BCUT2D eigenvalue weighted by Crippen LogP contribution is -2.19. The highest BCUT2D eigenvalue weighted by Gasteiger charge is 2.23. The number of aromatic nitrogens is 2. The van der Waals surface area contributed by atoms with E-state index in [1.807, 2.05) is 0 Å². The second kappa shape index (κ2) is 6.85. The molecule has 18 heavy (non-hydrogen) atoms. The van der Waals surface area contributed by atoms with Gasteiger partial charge in [-0.3, -0.25) is 0 Å². The standard InChI is InChI=1S/C13H25N3O2/c1-5-6-17-9-11-15-12(18-16-11)10(8-14)7-13(2,3)4/h10H,5-9,14H2,1-4H3. The van der Waals surface area contributed by atoms with Crippen LogP contribution in [0.1, 0.15) is 58.2 Å². The second-order valence-electron chi connectivity index (χ2n) is 5.80. The van der Waals surface area contributed by atoms with Crippen LogP contribution in [0.25, 0.3) is 0 Å². The highest BCUT2D eigenvalue weighted by molar-refractivity contribution is 4.95. The van der Waals surface area contributed by atoms with Crippen molar-refractivity contribution in [2.75, 3.05) is 13.2 Å². The summed E-state index contributed by atoms with van der Waals surface area (Å²) in [5, 5.41) is 3.92. The first-order valence-electron chi connectivity index (χ1n) is 6.56. The average Bonchev–Trinajstić information content (AvgIpc) is 2.74. The molecule has 1 heterocycles. The summed E-state index contributed by atoms with van der Waals surface area (Å²) >= 11 is 0. The Morgan fingerprint density at radius 3 is 2.67 bits per heavy atom. The molecule has 0 saturated heterocycles. The molecule has 104 valence electrons. The van der Waals surface area contributed by atoms with E-state index in [4.69, 9.17) is 15.0 Å². The number of ether oxygens (including phenoxy) is 1. The molecule has 0 fully saturated rings. The molecule has 5 heteroatoms. The lowest BCUT2D eigenvalue weighted by molar-refractivity contribution is 0.114. The Labute approximate surface area is 109 Å². The Morgan fingerprint density at radius 1 is 1.39 bits per heavy atom. The topological polar surface area (TPSA) is 74.2 Å². The third kappa shape index (κ3) is 5.14. The van der Waals surface area contributed by atoms with Gasteiger partial charge < -0.3 is 15.0 Å². The van der Waals surface area contributed by atoms with Crippen LogP contribution in [0, 0.1) is 5.41 Å². The van der Waals surface area contributed by atoms with Crippen molar-refractivity contribution in [1.82, 2.24) is 10.1 Å². The van der Waals surface area contributed by atoms with Crippen LogP contribution in [0.5, 0.6) is 0 Å². The molecule has 1 aromatic heterocycles. The highest BCUT2D eigenvalue weighted by Crippen LogP contribution is 2.29. The smallest absolute Gasteiger partial charge is 0.231 e. The van der Waals surface area contributed by atoms with Crippen molar-refractivity contribution < 1.29 is 9.26 Å². The van der Waals surface area contributed by atoms with E-state index < -0.39 is 0 Å². The van der Waals surface area contributed by atoms with Gasteiger partial charge >= 0.3 is 0 Å². The normalized spacial score (nSPS) is 13.8. The van der Waals surface area contributed by atoms with Gasteiger partial charge in [-0.25, -0.2) is 0 Å². The van der Waals surface area contributed by atoms with Crippen molar-refractivity contribution in [3.05, 3.63) is 11.7 Å². The van der Waals surface area contributed by atoms with E-state index in [0.29, 0.717) is 31.5 Å². The van der Waals surface area contributed by atoms with Gasteiger partial charge in [0.1, 0.15) is 6.61 Å². The minimum absolute atomic E-state index is 0.123. The molecule has 1 rings (SSSR count). The summed E-state index contributed by atoms with van der Waals surface area (Å²) in [5.41, 5.74) is 5.98. The third-order valence-corrected chi connectivity index (χ3v) is 2.56.